The molecule has 1 aliphatic heterocycles. The van der Waals surface area contributed by atoms with Gasteiger partial charge in [-0.1, -0.05) is 43.7 Å². The molecule has 2 unspecified atom stereocenters. The molecule has 23 heavy (non-hydrogen) atoms. The van der Waals surface area contributed by atoms with Crippen LogP contribution in [-0.2, 0) is 16.0 Å². The molecule has 0 spiro atoms. The van der Waals surface area contributed by atoms with Crippen molar-refractivity contribution in [3.05, 3.63) is 35.9 Å². The highest BCUT2D eigenvalue weighted by molar-refractivity contribution is 5.95. The molecule has 1 aliphatic rings. The lowest BCUT2D eigenvalue weighted by Gasteiger charge is -2.24. The van der Waals surface area contributed by atoms with Crippen molar-refractivity contribution in [2.24, 2.45) is 5.92 Å². The van der Waals surface area contributed by atoms with Gasteiger partial charge in [-0.05, 0) is 25.3 Å². The number of nitrogens with zero attached hydrogens (tertiary/aromatic N) is 1. The topological polar surface area (TPSA) is 46.6 Å². The van der Waals surface area contributed by atoms with Gasteiger partial charge in [-0.2, -0.15) is 0 Å². The number of carbonyl (C=O) groups is 2. The highest BCUT2D eigenvalue weighted by Gasteiger charge is 2.40. The average Bonchev–Trinajstić information content (AvgIpc) is 2.92. The van der Waals surface area contributed by atoms with Crippen molar-refractivity contribution in [1.29, 1.82) is 0 Å². The molecule has 4 heteroatoms. The third-order valence-electron chi connectivity index (χ3n) is 4.02. The van der Waals surface area contributed by atoms with E-state index < -0.39 is 6.09 Å². The summed E-state index contributed by atoms with van der Waals surface area (Å²) in [5.74, 6) is 5.40. The summed E-state index contributed by atoms with van der Waals surface area (Å²) in [4.78, 5) is 26.2. The van der Waals surface area contributed by atoms with Crippen molar-refractivity contribution < 1.29 is 14.3 Å². The number of rotatable bonds is 6. The molecule has 1 aromatic rings. The smallest absolute Gasteiger partial charge is 0.416 e. The van der Waals surface area contributed by atoms with E-state index in [0.29, 0.717) is 12.8 Å². The van der Waals surface area contributed by atoms with Crippen molar-refractivity contribution in [3.8, 4) is 11.8 Å². The van der Waals surface area contributed by atoms with Crippen LogP contribution in [-0.4, -0.2) is 29.5 Å². The Morgan fingerprint density at radius 2 is 2.13 bits per heavy atom. The van der Waals surface area contributed by atoms with Gasteiger partial charge in [0.1, 0.15) is 6.61 Å². The molecule has 1 saturated heterocycles. The Hall–Kier alpha value is -2.28. The van der Waals surface area contributed by atoms with E-state index in [0.717, 1.165) is 18.4 Å². The number of hydrogen-bond acceptors (Lipinski definition) is 3. The van der Waals surface area contributed by atoms with E-state index in [-0.39, 0.29) is 24.5 Å². The highest BCUT2D eigenvalue weighted by atomic mass is 16.6. The van der Waals surface area contributed by atoms with E-state index >= 15 is 0 Å². The minimum Gasteiger partial charge on any atom is -0.447 e. The SMILES string of the molecule is CC#CCC(CCC)C(=O)N1C(=O)OCC1Cc1ccccc1. The van der Waals surface area contributed by atoms with Gasteiger partial charge in [-0.25, -0.2) is 9.69 Å². The molecule has 4 nitrogen and oxygen atoms in total. The highest BCUT2D eigenvalue weighted by Crippen LogP contribution is 2.23. The van der Waals surface area contributed by atoms with Crippen LogP contribution in [0.1, 0.15) is 38.7 Å². The number of amides is 2. The monoisotopic (exact) mass is 313 g/mol. The third-order valence-corrected chi connectivity index (χ3v) is 4.02. The molecule has 2 rings (SSSR count). The Morgan fingerprint density at radius 3 is 2.78 bits per heavy atom. The predicted octanol–water partition coefficient (Wildman–Crippen LogP) is 3.41. The number of carbonyl (C=O) groups excluding carboxylic acids is 2. The van der Waals surface area contributed by atoms with Crippen LogP contribution < -0.4 is 0 Å². The first-order chi connectivity index (χ1) is 11.2. The summed E-state index contributed by atoms with van der Waals surface area (Å²) in [6.07, 6.45) is 2.20. The van der Waals surface area contributed by atoms with Crippen LogP contribution in [0.15, 0.2) is 30.3 Å². The standard InChI is InChI=1S/C19H23NO3/c1-3-5-12-16(9-4-2)18(21)20-17(14-23-19(20)22)13-15-10-7-6-8-11-15/h6-8,10-11,16-17H,4,9,12-14H2,1-2H3. The van der Waals surface area contributed by atoms with Crippen LogP contribution >= 0.6 is 0 Å². The summed E-state index contributed by atoms with van der Waals surface area (Å²) in [7, 11) is 0. The maximum absolute atomic E-state index is 12.8. The second-order valence-corrected chi connectivity index (χ2v) is 5.75. The summed E-state index contributed by atoms with van der Waals surface area (Å²) in [6, 6.07) is 9.62. The van der Waals surface area contributed by atoms with E-state index in [1.54, 1.807) is 6.92 Å². The number of hydrogen-bond donors (Lipinski definition) is 0. The quantitative estimate of drug-likeness (QED) is 0.756. The lowest BCUT2D eigenvalue weighted by molar-refractivity contribution is -0.133. The van der Waals surface area contributed by atoms with Crippen LogP contribution in [0.4, 0.5) is 4.79 Å². The largest absolute Gasteiger partial charge is 0.447 e. The molecule has 1 aromatic carbocycles. The zero-order chi connectivity index (χ0) is 16.7. The maximum Gasteiger partial charge on any atom is 0.416 e. The molecule has 0 N–H and O–H groups in total. The van der Waals surface area contributed by atoms with Crippen molar-refractivity contribution in [3.63, 3.8) is 0 Å². The summed E-state index contributed by atoms with van der Waals surface area (Å²) < 4.78 is 5.13. The molecule has 0 saturated carbocycles. The van der Waals surface area contributed by atoms with Gasteiger partial charge in [0.2, 0.25) is 5.91 Å². The van der Waals surface area contributed by atoms with Gasteiger partial charge in [0.05, 0.1) is 6.04 Å². The Labute approximate surface area is 137 Å². The second-order valence-electron chi connectivity index (χ2n) is 5.75. The van der Waals surface area contributed by atoms with Crippen LogP contribution in [0, 0.1) is 17.8 Å². The zero-order valence-electron chi connectivity index (χ0n) is 13.7. The molecule has 2 amide bonds. The first kappa shape index (κ1) is 17.1. The number of cyclic esters (lactones) is 1. The minimum atomic E-state index is -0.526. The van der Waals surface area contributed by atoms with E-state index in [1.807, 2.05) is 37.3 Å². The average molecular weight is 313 g/mol. The van der Waals surface area contributed by atoms with Crippen molar-refractivity contribution in [2.75, 3.05) is 6.61 Å². The van der Waals surface area contributed by atoms with Crippen LogP contribution in [0.5, 0.6) is 0 Å². The Balaban J connectivity index is 2.13. The molecule has 1 heterocycles. The zero-order valence-corrected chi connectivity index (χ0v) is 13.7. The van der Waals surface area contributed by atoms with Crippen LogP contribution in [0.2, 0.25) is 0 Å². The van der Waals surface area contributed by atoms with E-state index in [1.165, 1.54) is 4.90 Å². The van der Waals surface area contributed by atoms with E-state index in [2.05, 4.69) is 11.8 Å². The fourth-order valence-corrected chi connectivity index (χ4v) is 2.85. The summed E-state index contributed by atoms with van der Waals surface area (Å²) in [6.45, 7) is 4.05. The Morgan fingerprint density at radius 1 is 1.39 bits per heavy atom. The van der Waals surface area contributed by atoms with Gasteiger partial charge in [0.25, 0.3) is 0 Å². The molecule has 122 valence electrons. The first-order valence-corrected chi connectivity index (χ1v) is 8.10. The molecule has 0 aromatic heterocycles. The summed E-state index contributed by atoms with van der Waals surface area (Å²) in [5, 5.41) is 0. The normalized spacial score (nSPS) is 18.1. The maximum atomic E-state index is 12.8. The molecule has 0 bridgehead atoms. The molecular weight excluding hydrogens is 290 g/mol. The molecule has 0 aliphatic carbocycles. The van der Waals surface area contributed by atoms with Gasteiger partial charge in [0, 0.05) is 12.3 Å². The van der Waals surface area contributed by atoms with Crippen molar-refractivity contribution in [1.82, 2.24) is 4.90 Å². The lowest BCUT2D eigenvalue weighted by Crippen LogP contribution is -2.43. The van der Waals surface area contributed by atoms with Crippen LogP contribution in [0.3, 0.4) is 0 Å². The molecule has 0 radical (unpaired) electrons. The first-order valence-electron chi connectivity index (χ1n) is 8.10. The van der Waals surface area contributed by atoms with Crippen molar-refractivity contribution >= 4 is 12.0 Å². The number of imide groups is 1. The summed E-state index contributed by atoms with van der Waals surface area (Å²) in [5.41, 5.74) is 1.09. The predicted molar refractivity (Wildman–Crippen MR) is 88.6 cm³/mol. The minimum absolute atomic E-state index is 0.155. The number of ether oxygens (including phenoxy) is 1. The van der Waals surface area contributed by atoms with E-state index in [9.17, 15) is 9.59 Å². The van der Waals surface area contributed by atoms with E-state index in [4.69, 9.17) is 4.74 Å². The van der Waals surface area contributed by atoms with Gasteiger partial charge in [0.15, 0.2) is 0 Å². The summed E-state index contributed by atoms with van der Waals surface area (Å²) >= 11 is 0. The van der Waals surface area contributed by atoms with Crippen LogP contribution in [0.25, 0.3) is 0 Å². The molecular formula is C19H23NO3. The third kappa shape index (κ3) is 4.35. The molecule has 2 atom stereocenters. The second kappa shape index (κ2) is 8.38. The number of benzene rings is 1. The van der Waals surface area contributed by atoms with Gasteiger partial charge in [-0.15, -0.1) is 11.8 Å². The fraction of sp³-hybridized carbons (Fsp3) is 0.474. The molecule has 1 fully saturated rings. The van der Waals surface area contributed by atoms with Gasteiger partial charge < -0.3 is 4.74 Å². The Kier molecular flexibility index (Phi) is 6.22. The Bertz CT molecular complexity index is 600. The lowest BCUT2D eigenvalue weighted by atomic mass is 9.97. The van der Waals surface area contributed by atoms with Gasteiger partial charge in [-0.3, -0.25) is 4.79 Å². The van der Waals surface area contributed by atoms with Gasteiger partial charge >= 0.3 is 6.09 Å². The van der Waals surface area contributed by atoms with Crippen molar-refractivity contribution in [2.45, 2.75) is 45.6 Å². The fourth-order valence-electron chi connectivity index (χ4n) is 2.85.